The number of unbranched alkanes of at least 4 members (excludes halogenated alkanes) is 17. The van der Waals surface area contributed by atoms with Gasteiger partial charge in [0.05, 0.1) is 48.7 Å². The zero-order valence-corrected chi connectivity index (χ0v) is 58.8. The molecule has 2 fully saturated rings. The van der Waals surface area contributed by atoms with Crippen LogP contribution in [0, 0.1) is 32.6 Å². The Bertz CT molecular complexity index is 2240. The second-order valence-electron chi connectivity index (χ2n) is 25.6. The third-order valence-electron chi connectivity index (χ3n) is 17.6. The van der Waals surface area contributed by atoms with Crippen molar-refractivity contribution in [2.45, 2.75) is 319 Å². The molecule has 2 atom stereocenters. The minimum atomic E-state index is -0.444. The molecule has 2 saturated carbocycles. The fraction of sp³-hybridized carbons (Fsp3) is 0.696. The summed E-state index contributed by atoms with van der Waals surface area (Å²) in [6.45, 7) is 21.3. The molecule has 3 aromatic carbocycles. The summed E-state index contributed by atoms with van der Waals surface area (Å²) in [6.07, 6.45) is 40.9. The fourth-order valence-electron chi connectivity index (χ4n) is 11.2. The van der Waals surface area contributed by atoms with Crippen molar-refractivity contribution in [2.75, 3.05) is 26.4 Å². The monoisotopic (exact) mass is 1270 g/mol. The lowest BCUT2D eigenvalue weighted by Gasteiger charge is -2.23. The lowest BCUT2D eigenvalue weighted by Crippen LogP contribution is -2.24. The van der Waals surface area contributed by atoms with Crippen LogP contribution in [-0.4, -0.2) is 74.5 Å². The first-order valence-corrected chi connectivity index (χ1v) is 36.5. The Hall–Kier alpha value is -5.52. The third kappa shape index (κ3) is 39.6. The lowest BCUT2D eigenvalue weighted by molar-refractivity contribution is -0.144. The summed E-state index contributed by atoms with van der Waals surface area (Å²) in [7, 11) is 0. The molecule has 91 heavy (non-hydrogen) atoms. The van der Waals surface area contributed by atoms with Gasteiger partial charge in [-0.05, 0) is 158 Å². The number of esters is 6. The van der Waals surface area contributed by atoms with Gasteiger partial charge in [0.25, 0.3) is 0 Å². The Morgan fingerprint density at radius 1 is 0.374 bits per heavy atom. The van der Waals surface area contributed by atoms with Crippen LogP contribution in [0.1, 0.15) is 344 Å². The molecule has 12 nitrogen and oxygen atoms in total. The van der Waals surface area contributed by atoms with Crippen LogP contribution >= 0.6 is 0 Å². The molecule has 0 spiro atoms. The summed E-state index contributed by atoms with van der Waals surface area (Å²) in [5, 5.41) is 0. The number of hydrogen-bond donors (Lipinski definition) is 0. The van der Waals surface area contributed by atoms with Gasteiger partial charge >= 0.3 is 35.8 Å². The summed E-state index contributed by atoms with van der Waals surface area (Å²) in [4.78, 5) is 73.5. The van der Waals surface area contributed by atoms with Crippen molar-refractivity contribution in [2.24, 2.45) is 11.8 Å². The second kappa shape index (κ2) is 53.9. The van der Waals surface area contributed by atoms with Gasteiger partial charge in [-0.15, -0.1) is 0 Å². The van der Waals surface area contributed by atoms with Gasteiger partial charge in [-0.25, -0.2) is 19.2 Å². The Morgan fingerprint density at radius 3 is 1.05 bits per heavy atom. The normalized spacial score (nSPS) is 13.7. The van der Waals surface area contributed by atoms with Gasteiger partial charge in [0.1, 0.15) is 12.2 Å². The highest BCUT2D eigenvalue weighted by Crippen LogP contribution is 2.26. The van der Waals surface area contributed by atoms with Crippen molar-refractivity contribution in [3.05, 3.63) is 106 Å². The van der Waals surface area contributed by atoms with E-state index in [9.17, 15) is 28.8 Å². The molecule has 0 aliphatic heterocycles. The summed E-state index contributed by atoms with van der Waals surface area (Å²) in [5.74, 6) is -1.05. The van der Waals surface area contributed by atoms with E-state index in [-0.39, 0.29) is 24.1 Å². The van der Waals surface area contributed by atoms with E-state index in [2.05, 4.69) is 80.5 Å². The van der Waals surface area contributed by atoms with E-state index in [0.29, 0.717) is 73.4 Å². The molecule has 0 amide bonds. The molecule has 0 aromatic heterocycles. The summed E-state index contributed by atoms with van der Waals surface area (Å²) < 4.78 is 32.9. The molecule has 3 aromatic rings. The second-order valence-corrected chi connectivity index (χ2v) is 25.6. The zero-order chi connectivity index (χ0) is 66.5. The first-order chi connectivity index (χ1) is 44.2. The van der Waals surface area contributed by atoms with E-state index < -0.39 is 23.9 Å². The van der Waals surface area contributed by atoms with Crippen LogP contribution in [0.25, 0.3) is 0 Å². The smallest absolute Gasteiger partial charge is 0.339 e. The number of benzene rings is 3. The molecule has 5 rings (SSSR count). The van der Waals surface area contributed by atoms with Gasteiger partial charge < -0.3 is 28.4 Å². The van der Waals surface area contributed by atoms with E-state index in [1.54, 1.807) is 48.5 Å². The van der Waals surface area contributed by atoms with E-state index in [0.717, 1.165) is 154 Å². The van der Waals surface area contributed by atoms with E-state index in [1.165, 1.54) is 93.7 Å². The maximum atomic E-state index is 12.6. The number of ether oxygens (including phenoxy) is 6. The van der Waals surface area contributed by atoms with Crippen LogP contribution in [0.2, 0.25) is 0 Å². The standard InChI is InChI=1S/C26H50O4.C24H38O4.C20H26O4.C9H12/c1-3-5-7-9-15-19-23-29-25(27)21-17-13-11-12-14-18-22-26(28)30-24-20-16-10-8-6-4-2;1-5-9-13-19(7-3)17-27-23(25)21-15-11-12-16-22(21)24(26)28-18-20(8-4)14-10-6-2;21-19(23-15-9-3-1-4-10-15)17-13-7-8-14-18(17)20(22)24-16-11-5-2-6-12-16;1-7-4-5-8(2)9(3)6-7/h3-24H2,1-2H3;11-12,15-16,19-20H,5-10,13-14,17-18H2,1-4H3;7-8,13-16H,1-6,9-12H2;4-6H,1-3H3. The number of hydrogen-bond acceptors (Lipinski definition) is 12. The van der Waals surface area contributed by atoms with Crippen LogP contribution in [0.5, 0.6) is 0 Å². The van der Waals surface area contributed by atoms with Crippen LogP contribution < -0.4 is 0 Å². The lowest BCUT2D eigenvalue weighted by atomic mass is 9.97. The van der Waals surface area contributed by atoms with Crippen molar-refractivity contribution in [3.8, 4) is 0 Å². The third-order valence-corrected chi connectivity index (χ3v) is 17.6. The van der Waals surface area contributed by atoms with Crippen molar-refractivity contribution in [3.63, 3.8) is 0 Å². The van der Waals surface area contributed by atoms with E-state index in [4.69, 9.17) is 28.4 Å². The van der Waals surface area contributed by atoms with Crippen LogP contribution in [0.15, 0.2) is 66.7 Å². The SMILES string of the molecule is CCCCC(CC)COC(=O)c1ccccc1C(=O)OCC(CC)CCCC.CCCCCCCCOC(=O)CCCCCCCCC(=O)OCCCCCCCC.Cc1ccc(C)c(C)c1.O=C(OC1CCCCC1)c1ccccc1C(=O)OC1CCCCC1. The van der Waals surface area contributed by atoms with Gasteiger partial charge in [0.15, 0.2) is 0 Å². The largest absolute Gasteiger partial charge is 0.466 e. The molecular weight excluding hydrogens is 1140 g/mol. The van der Waals surface area contributed by atoms with Gasteiger partial charge in [0.2, 0.25) is 0 Å². The topological polar surface area (TPSA) is 158 Å². The van der Waals surface area contributed by atoms with Gasteiger partial charge in [-0.2, -0.15) is 0 Å². The molecule has 2 aliphatic carbocycles. The van der Waals surface area contributed by atoms with Crippen LogP contribution in [0.4, 0.5) is 0 Å². The van der Waals surface area contributed by atoms with Crippen molar-refractivity contribution in [1.82, 2.24) is 0 Å². The predicted octanol–water partition coefficient (Wildman–Crippen LogP) is 21.6. The van der Waals surface area contributed by atoms with Crippen LogP contribution in [-0.2, 0) is 38.0 Å². The molecule has 0 radical (unpaired) electrons. The minimum absolute atomic E-state index is 0.0197. The fourth-order valence-corrected chi connectivity index (χ4v) is 11.2. The Morgan fingerprint density at radius 2 is 0.714 bits per heavy atom. The minimum Gasteiger partial charge on any atom is -0.466 e. The first-order valence-electron chi connectivity index (χ1n) is 36.5. The van der Waals surface area contributed by atoms with Crippen molar-refractivity contribution < 1.29 is 57.2 Å². The number of aryl methyl sites for hydroxylation is 3. The average Bonchev–Trinajstić information content (AvgIpc) is 1.48. The quantitative estimate of drug-likeness (QED) is 0.0301. The maximum absolute atomic E-state index is 12.6. The van der Waals surface area contributed by atoms with Crippen molar-refractivity contribution in [1.29, 1.82) is 0 Å². The van der Waals surface area contributed by atoms with Gasteiger partial charge in [0, 0.05) is 12.8 Å². The molecular formula is C79H126O12. The molecule has 12 heteroatoms. The predicted molar refractivity (Wildman–Crippen MR) is 371 cm³/mol. The number of rotatable bonds is 41. The van der Waals surface area contributed by atoms with E-state index >= 15 is 0 Å². The molecule has 0 saturated heterocycles. The molecule has 0 N–H and O–H groups in total. The van der Waals surface area contributed by atoms with E-state index in [1.807, 2.05) is 0 Å². The summed E-state index contributed by atoms with van der Waals surface area (Å²) >= 11 is 0. The first kappa shape index (κ1) is 81.6. The number of carbonyl (C=O) groups is 6. The zero-order valence-electron chi connectivity index (χ0n) is 58.8. The highest BCUT2D eigenvalue weighted by molar-refractivity contribution is 6.04. The maximum Gasteiger partial charge on any atom is 0.339 e. The van der Waals surface area contributed by atoms with Gasteiger partial charge in [-0.1, -0.05) is 231 Å². The van der Waals surface area contributed by atoms with Gasteiger partial charge in [-0.3, -0.25) is 9.59 Å². The Kier molecular flexibility index (Phi) is 48.3. The average molecular weight is 1270 g/mol. The van der Waals surface area contributed by atoms with Crippen molar-refractivity contribution >= 4 is 35.8 Å². The molecule has 0 heterocycles. The number of carbonyl (C=O) groups excluding carboxylic acids is 6. The highest BCUT2D eigenvalue weighted by Gasteiger charge is 2.26. The van der Waals surface area contributed by atoms with Crippen LogP contribution in [0.3, 0.4) is 0 Å². The molecule has 2 unspecified atom stereocenters. The Balaban J connectivity index is 0.000000435. The summed E-state index contributed by atoms with van der Waals surface area (Å²) in [6, 6.07) is 20.1. The molecule has 2 aliphatic rings. The molecule has 514 valence electrons. The molecule has 0 bridgehead atoms. The summed E-state index contributed by atoms with van der Waals surface area (Å²) in [5.41, 5.74) is 5.33. The highest BCUT2D eigenvalue weighted by atomic mass is 16.6. The Labute approximate surface area is 552 Å².